The van der Waals surface area contributed by atoms with Crippen molar-refractivity contribution in [3.8, 4) is 9.88 Å². The number of rotatable bonds is 3. The molecule has 1 aliphatic rings. The van der Waals surface area contributed by atoms with Crippen LogP contribution in [-0.4, -0.2) is 52.8 Å². The van der Waals surface area contributed by atoms with Crippen molar-refractivity contribution >= 4 is 44.7 Å². The van der Waals surface area contributed by atoms with Crippen LogP contribution < -0.4 is 0 Å². The van der Waals surface area contributed by atoms with Crippen molar-refractivity contribution in [3.63, 3.8) is 0 Å². The second kappa shape index (κ2) is 7.40. The van der Waals surface area contributed by atoms with E-state index in [0.717, 1.165) is 25.0 Å². The van der Waals surface area contributed by atoms with Crippen LogP contribution in [0.5, 0.6) is 0 Å². The van der Waals surface area contributed by atoms with Gasteiger partial charge in [0.1, 0.15) is 5.01 Å². The van der Waals surface area contributed by atoms with Gasteiger partial charge in [-0.25, -0.2) is 4.98 Å². The summed E-state index contributed by atoms with van der Waals surface area (Å²) in [7, 11) is 0. The molecule has 0 unspecified atom stereocenters. The molecule has 4 rings (SSSR count). The number of carbonyl (C=O) groups excluding carboxylic acids is 2. The fourth-order valence-electron chi connectivity index (χ4n) is 3.20. The summed E-state index contributed by atoms with van der Waals surface area (Å²) < 4.78 is 1.15. The molecule has 0 atom stereocenters. The molecule has 27 heavy (non-hydrogen) atoms. The minimum absolute atomic E-state index is 0.000847. The number of thiophene rings is 1. The Balaban J connectivity index is 1.45. The molecule has 0 radical (unpaired) electrons. The van der Waals surface area contributed by atoms with Crippen molar-refractivity contribution < 1.29 is 9.59 Å². The van der Waals surface area contributed by atoms with Gasteiger partial charge in [0.05, 0.1) is 20.0 Å². The molecule has 5 nitrogen and oxygen atoms in total. The van der Waals surface area contributed by atoms with Crippen LogP contribution in [0, 0.1) is 5.92 Å². The Labute approximate surface area is 166 Å². The number of nitrogens with zero attached hydrogens (tertiary/aromatic N) is 3. The SMILES string of the molecule is CC(C)C(=O)N1CCN(C(=O)c2ccc(-c3nc4ccccc4s3)s2)CC1. The van der Waals surface area contributed by atoms with Gasteiger partial charge < -0.3 is 9.80 Å². The number of carbonyl (C=O) groups is 2. The van der Waals surface area contributed by atoms with Gasteiger partial charge in [-0.1, -0.05) is 26.0 Å². The van der Waals surface area contributed by atoms with Crippen LogP contribution in [0.2, 0.25) is 0 Å². The van der Waals surface area contributed by atoms with E-state index >= 15 is 0 Å². The van der Waals surface area contributed by atoms with Gasteiger partial charge in [-0.05, 0) is 24.3 Å². The lowest BCUT2D eigenvalue weighted by molar-refractivity contribution is -0.135. The van der Waals surface area contributed by atoms with E-state index in [-0.39, 0.29) is 17.7 Å². The van der Waals surface area contributed by atoms with Gasteiger partial charge in [0.15, 0.2) is 0 Å². The van der Waals surface area contributed by atoms with E-state index < -0.39 is 0 Å². The number of amides is 2. The van der Waals surface area contributed by atoms with Gasteiger partial charge in [-0.2, -0.15) is 0 Å². The largest absolute Gasteiger partial charge is 0.339 e. The predicted octanol–water partition coefficient (Wildman–Crippen LogP) is 3.97. The number of para-hydroxylation sites is 1. The van der Waals surface area contributed by atoms with Crippen LogP contribution >= 0.6 is 22.7 Å². The second-order valence-corrected chi connectivity index (χ2v) is 9.04. The number of benzene rings is 1. The van der Waals surface area contributed by atoms with E-state index in [4.69, 9.17) is 0 Å². The van der Waals surface area contributed by atoms with Crippen molar-refractivity contribution in [2.24, 2.45) is 5.92 Å². The molecule has 0 aliphatic carbocycles. The Kier molecular flexibility index (Phi) is 4.97. The molecule has 2 aromatic heterocycles. The third-order valence-corrected chi connectivity index (χ3v) is 6.97. The third kappa shape index (κ3) is 3.61. The molecule has 0 N–H and O–H groups in total. The fraction of sp³-hybridized carbons (Fsp3) is 0.350. The molecule has 0 saturated carbocycles. The molecule has 2 amide bonds. The molecule has 1 saturated heterocycles. The molecule has 1 aromatic carbocycles. The highest BCUT2D eigenvalue weighted by atomic mass is 32.1. The summed E-state index contributed by atoms with van der Waals surface area (Å²) in [6.45, 7) is 6.22. The van der Waals surface area contributed by atoms with Gasteiger partial charge in [0, 0.05) is 32.1 Å². The number of piperazine rings is 1. The zero-order valence-corrected chi connectivity index (χ0v) is 17.0. The van der Waals surface area contributed by atoms with Crippen molar-refractivity contribution in [3.05, 3.63) is 41.3 Å². The predicted molar refractivity (Wildman–Crippen MR) is 110 cm³/mol. The summed E-state index contributed by atoms with van der Waals surface area (Å²) >= 11 is 3.14. The third-order valence-electron chi connectivity index (χ3n) is 4.69. The maximum absolute atomic E-state index is 12.8. The minimum Gasteiger partial charge on any atom is -0.339 e. The highest BCUT2D eigenvalue weighted by Gasteiger charge is 2.26. The summed E-state index contributed by atoms with van der Waals surface area (Å²) in [4.78, 5) is 35.1. The quantitative estimate of drug-likeness (QED) is 0.670. The molecule has 140 valence electrons. The minimum atomic E-state index is 0.000847. The molecule has 0 spiro atoms. The van der Waals surface area contributed by atoms with Crippen molar-refractivity contribution in [2.45, 2.75) is 13.8 Å². The van der Waals surface area contributed by atoms with Crippen molar-refractivity contribution in [1.29, 1.82) is 0 Å². The van der Waals surface area contributed by atoms with Crippen molar-refractivity contribution in [2.75, 3.05) is 26.2 Å². The van der Waals surface area contributed by atoms with Crippen LogP contribution in [-0.2, 0) is 4.79 Å². The lowest BCUT2D eigenvalue weighted by Crippen LogP contribution is -2.51. The maximum Gasteiger partial charge on any atom is 0.264 e. The first-order chi connectivity index (χ1) is 13.0. The van der Waals surface area contributed by atoms with Gasteiger partial charge in [0.2, 0.25) is 5.91 Å². The molecule has 0 bridgehead atoms. The molecular formula is C20H21N3O2S2. The average molecular weight is 400 g/mol. The van der Waals surface area contributed by atoms with Gasteiger partial charge >= 0.3 is 0 Å². The Morgan fingerprint density at radius 1 is 0.963 bits per heavy atom. The Morgan fingerprint density at radius 3 is 2.37 bits per heavy atom. The van der Waals surface area contributed by atoms with Crippen molar-refractivity contribution in [1.82, 2.24) is 14.8 Å². The van der Waals surface area contributed by atoms with Crippen LogP contribution in [0.15, 0.2) is 36.4 Å². The average Bonchev–Trinajstić information content (AvgIpc) is 3.33. The summed E-state index contributed by atoms with van der Waals surface area (Å²) in [6, 6.07) is 11.9. The van der Waals surface area contributed by atoms with E-state index in [1.54, 1.807) is 11.3 Å². The number of fused-ring (bicyclic) bond motifs is 1. The molecule has 7 heteroatoms. The van der Waals surface area contributed by atoms with Gasteiger partial charge in [-0.15, -0.1) is 22.7 Å². The van der Waals surface area contributed by atoms with E-state index in [0.29, 0.717) is 26.2 Å². The molecular weight excluding hydrogens is 378 g/mol. The maximum atomic E-state index is 12.8. The molecule has 3 aromatic rings. The summed E-state index contributed by atoms with van der Waals surface area (Å²) in [5, 5.41) is 0.951. The number of hydrogen-bond donors (Lipinski definition) is 0. The highest BCUT2D eigenvalue weighted by Crippen LogP contribution is 2.34. The fourth-order valence-corrected chi connectivity index (χ4v) is 5.19. The van der Waals surface area contributed by atoms with E-state index in [9.17, 15) is 9.59 Å². The number of hydrogen-bond acceptors (Lipinski definition) is 5. The van der Waals surface area contributed by atoms with Gasteiger partial charge in [0.25, 0.3) is 5.91 Å². The Bertz CT molecular complexity index is 951. The first kappa shape index (κ1) is 18.1. The molecule has 3 heterocycles. The van der Waals surface area contributed by atoms with Crippen LogP contribution in [0.1, 0.15) is 23.5 Å². The van der Waals surface area contributed by atoms with Crippen LogP contribution in [0.4, 0.5) is 0 Å². The normalized spacial score (nSPS) is 14.9. The van der Waals surface area contributed by atoms with Crippen LogP contribution in [0.25, 0.3) is 20.1 Å². The standard InChI is InChI=1S/C20H21N3O2S2/c1-13(2)19(24)22-9-11-23(12-10-22)20(25)17-8-7-16(26-17)18-21-14-5-3-4-6-15(14)27-18/h3-8,13H,9-12H2,1-2H3. The summed E-state index contributed by atoms with van der Waals surface area (Å²) in [6.07, 6.45) is 0. The monoisotopic (exact) mass is 399 g/mol. The Hall–Kier alpha value is -2.25. The lowest BCUT2D eigenvalue weighted by Gasteiger charge is -2.35. The number of aromatic nitrogens is 1. The lowest BCUT2D eigenvalue weighted by atomic mass is 10.1. The summed E-state index contributed by atoms with van der Waals surface area (Å²) in [5.74, 6) is 0.210. The highest BCUT2D eigenvalue weighted by molar-refractivity contribution is 7.26. The zero-order valence-electron chi connectivity index (χ0n) is 15.3. The second-order valence-electron chi connectivity index (χ2n) is 6.92. The number of thiazole rings is 1. The van der Waals surface area contributed by atoms with E-state index in [1.165, 1.54) is 11.3 Å². The van der Waals surface area contributed by atoms with Crippen LogP contribution in [0.3, 0.4) is 0 Å². The topological polar surface area (TPSA) is 53.5 Å². The Morgan fingerprint density at radius 2 is 1.67 bits per heavy atom. The van der Waals surface area contributed by atoms with E-state index in [1.807, 2.05) is 54.0 Å². The van der Waals surface area contributed by atoms with Gasteiger partial charge in [-0.3, -0.25) is 9.59 Å². The first-order valence-corrected chi connectivity index (χ1v) is 10.7. The summed E-state index contributed by atoms with van der Waals surface area (Å²) in [5.41, 5.74) is 0.990. The smallest absolute Gasteiger partial charge is 0.264 e. The molecule has 1 aliphatic heterocycles. The van der Waals surface area contributed by atoms with E-state index in [2.05, 4.69) is 11.1 Å². The molecule has 1 fully saturated rings. The first-order valence-electron chi connectivity index (χ1n) is 9.07. The zero-order chi connectivity index (χ0) is 19.0.